The van der Waals surface area contributed by atoms with Crippen molar-refractivity contribution >= 4 is 0 Å². The zero-order valence-electron chi connectivity index (χ0n) is 12.7. The number of nitrogens with zero attached hydrogens (tertiary/aromatic N) is 1. The van der Waals surface area contributed by atoms with E-state index in [1.165, 1.54) is 12.8 Å². The molecule has 0 aromatic heterocycles. The molecule has 3 nitrogen and oxygen atoms in total. The van der Waals surface area contributed by atoms with Crippen LogP contribution in [-0.4, -0.2) is 49.8 Å². The molecule has 3 heteroatoms. The first-order valence-corrected chi connectivity index (χ1v) is 7.41. The SMILES string of the molecule is COCC(C)N1CC(C(C)(C)C)NCC1C1CC1. The van der Waals surface area contributed by atoms with Crippen LogP contribution in [0.4, 0.5) is 0 Å². The van der Waals surface area contributed by atoms with Crippen LogP contribution in [0, 0.1) is 11.3 Å². The van der Waals surface area contributed by atoms with Crippen LogP contribution in [0.15, 0.2) is 0 Å². The molecule has 1 saturated heterocycles. The molecule has 3 atom stereocenters. The fraction of sp³-hybridized carbons (Fsp3) is 1.00. The maximum absolute atomic E-state index is 5.36. The monoisotopic (exact) mass is 254 g/mol. The summed E-state index contributed by atoms with van der Waals surface area (Å²) in [6.07, 6.45) is 2.84. The molecule has 0 amide bonds. The first kappa shape index (κ1) is 14.3. The lowest BCUT2D eigenvalue weighted by atomic mass is 9.84. The highest BCUT2D eigenvalue weighted by atomic mass is 16.5. The van der Waals surface area contributed by atoms with E-state index in [9.17, 15) is 0 Å². The third kappa shape index (κ3) is 3.25. The Kier molecular flexibility index (Phi) is 4.35. The van der Waals surface area contributed by atoms with Crippen LogP contribution in [0.25, 0.3) is 0 Å². The number of ether oxygens (including phenoxy) is 1. The summed E-state index contributed by atoms with van der Waals surface area (Å²) in [7, 11) is 1.81. The average Bonchev–Trinajstić information content (AvgIpc) is 3.11. The van der Waals surface area contributed by atoms with Gasteiger partial charge in [0.2, 0.25) is 0 Å². The van der Waals surface area contributed by atoms with Crippen LogP contribution >= 0.6 is 0 Å². The number of hydrogen-bond donors (Lipinski definition) is 1. The minimum Gasteiger partial charge on any atom is -0.383 e. The van der Waals surface area contributed by atoms with Gasteiger partial charge in [0.05, 0.1) is 6.61 Å². The maximum atomic E-state index is 5.36. The van der Waals surface area contributed by atoms with Crippen LogP contribution in [0.3, 0.4) is 0 Å². The molecule has 0 bridgehead atoms. The molecule has 1 heterocycles. The van der Waals surface area contributed by atoms with E-state index in [4.69, 9.17) is 4.74 Å². The van der Waals surface area contributed by atoms with Crippen molar-refractivity contribution in [3.63, 3.8) is 0 Å². The minimum atomic E-state index is 0.333. The van der Waals surface area contributed by atoms with Gasteiger partial charge in [-0.1, -0.05) is 20.8 Å². The van der Waals surface area contributed by atoms with Crippen LogP contribution in [0.1, 0.15) is 40.5 Å². The summed E-state index contributed by atoms with van der Waals surface area (Å²) in [5.41, 5.74) is 0.333. The number of methoxy groups -OCH3 is 1. The van der Waals surface area contributed by atoms with E-state index in [2.05, 4.69) is 37.9 Å². The fourth-order valence-corrected chi connectivity index (χ4v) is 3.13. The van der Waals surface area contributed by atoms with Gasteiger partial charge in [0.15, 0.2) is 0 Å². The van der Waals surface area contributed by atoms with Crippen molar-refractivity contribution in [2.75, 3.05) is 26.8 Å². The molecule has 2 fully saturated rings. The van der Waals surface area contributed by atoms with Crippen molar-refractivity contribution in [2.24, 2.45) is 11.3 Å². The van der Waals surface area contributed by atoms with Crippen molar-refractivity contribution in [2.45, 2.75) is 58.7 Å². The summed E-state index contributed by atoms with van der Waals surface area (Å²) >= 11 is 0. The molecule has 0 aromatic carbocycles. The Hall–Kier alpha value is -0.120. The van der Waals surface area contributed by atoms with Gasteiger partial charge in [-0.25, -0.2) is 0 Å². The lowest BCUT2D eigenvalue weighted by Crippen LogP contribution is -2.63. The molecule has 3 unspecified atom stereocenters. The minimum absolute atomic E-state index is 0.333. The van der Waals surface area contributed by atoms with Gasteiger partial charge in [0.1, 0.15) is 0 Å². The second-order valence-electron chi connectivity index (χ2n) is 7.23. The summed E-state index contributed by atoms with van der Waals surface area (Å²) in [6.45, 7) is 12.5. The number of rotatable bonds is 4. The van der Waals surface area contributed by atoms with E-state index in [0.717, 1.165) is 31.7 Å². The lowest BCUT2D eigenvalue weighted by molar-refractivity contribution is 0.0144. The first-order valence-electron chi connectivity index (χ1n) is 7.41. The van der Waals surface area contributed by atoms with Gasteiger partial charge in [0.25, 0.3) is 0 Å². The first-order chi connectivity index (χ1) is 8.43. The van der Waals surface area contributed by atoms with Gasteiger partial charge in [0, 0.05) is 38.3 Å². The molecule has 106 valence electrons. The molecule has 1 N–H and O–H groups in total. The van der Waals surface area contributed by atoms with E-state index >= 15 is 0 Å². The Morgan fingerprint density at radius 1 is 1.33 bits per heavy atom. The van der Waals surface area contributed by atoms with Crippen LogP contribution in [0.5, 0.6) is 0 Å². The van der Waals surface area contributed by atoms with E-state index in [1.807, 2.05) is 7.11 Å². The number of nitrogens with one attached hydrogen (secondary N) is 1. The third-order valence-corrected chi connectivity index (χ3v) is 4.58. The van der Waals surface area contributed by atoms with Crippen molar-refractivity contribution in [3.8, 4) is 0 Å². The highest BCUT2D eigenvalue weighted by Gasteiger charge is 2.42. The van der Waals surface area contributed by atoms with Gasteiger partial charge >= 0.3 is 0 Å². The number of hydrogen-bond acceptors (Lipinski definition) is 3. The molecule has 2 rings (SSSR count). The van der Waals surface area contributed by atoms with E-state index < -0.39 is 0 Å². The molecule has 1 aliphatic carbocycles. The largest absolute Gasteiger partial charge is 0.383 e. The molecular weight excluding hydrogens is 224 g/mol. The van der Waals surface area contributed by atoms with Gasteiger partial charge in [-0.05, 0) is 31.1 Å². The summed E-state index contributed by atoms with van der Waals surface area (Å²) in [5.74, 6) is 0.928. The van der Waals surface area contributed by atoms with Crippen molar-refractivity contribution in [1.82, 2.24) is 10.2 Å². The quantitative estimate of drug-likeness (QED) is 0.832. The smallest absolute Gasteiger partial charge is 0.0615 e. The zero-order chi connectivity index (χ0) is 13.3. The Morgan fingerprint density at radius 3 is 2.50 bits per heavy atom. The van der Waals surface area contributed by atoms with Crippen molar-refractivity contribution < 1.29 is 4.74 Å². The predicted molar refractivity (Wildman–Crippen MR) is 75.8 cm³/mol. The number of piperazine rings is 1. The van der Waals surface area contributed by atoms with E-state index in [1.54, 1.807) is 0 Å². The van der Waals surface area contributed by atoms with Gasteiger partial charge in [-0.2, -0.15) is 0 Å². The Balaban J connectivity index is 2.03. The third-order valence-electron chi connectivity index (χ3n) is 4.58. The van der Waals surface area contributed by atoms with Gasteiger partial charge in [-0.3, -0.25) is 4.90 Å². The molecule has 18 heavy (non-hydrogen) atoms. The second-order valence-corrected chi connectivity index (χ2v) is 7.23. The highest BCUT2D eigenvalue weighted by molar-refractivity contribution is 4.99. The zero-order valence-corrected chi connectivity index (χ0v) is 12.7. The molecule has 1 aliphatic heterocycles. The Labute approximate surface area is 112 Å². The molecule has 1 saturated carbocycles. The molecule has 0 aromatic rings. The molecular formula is C15H30N2O. The topological polar surface area (TPSA) is 24.5 Å². The summed E-state index contributed by atoms with van der Waals surface area (Å²) < 4.78 is 5.36. The fourth-order valence-electron chi connectivity index (χ4n) is 3.13. The van der Waals surface area contributed by atoms with Crippen molar-refractivity contribution in [3.05, 3.63) is 0 Å². The van der Waals surface area contributed by atoms with E-state index in [-0.39, 0.29) is 0 Å². The molecule has 2 aliphatic rings. The lowest BCUT2D eigenvalue weighted by Gasteiger charge is -2.47. The van der Waals surface area contributed by atoms with Gasteiger partial charge in [-0.15, -0.1) is 0 Å². The van der Waals surface area contributed by atoms with Crippen LogP contribution in [0.2, 0.25) is 0 Å². The average molecular weight is 254 g/mol. The predicted octanol–water partition coefficient (Wildman–Crippen LogP) is 2.12. The standard InChI is InChI=1S/C15H30N2O/c1-11(10-18-5)17-9-14(15(2,3)4)16-8-13(17)12-6-7-12/h11-14,16H,6-10H2,1-5H3. The summed E-state index contributed by atoms with van der Waals surface area (Å²) in [4.78, 5) is 2.70. The van der Waals surface area contributed by atoms with Crippen LogP contribution < -0.4 is 5.32 Å². The highest BCUT2D eigenvalue weighted by Crippen LogP contribution is 2.38. The van der Waals surface area contributed by atoms with Crippen molar-refractivity contribution in [1.29, 1.82) is 0 Å². The Morgan fingerprint density at radius 2 is 2.00 bits per heavy atom. The second kappa shape index (κ2) is 5.48. The molecule has 0 radical (unpaired) electrons. The summed E-state index contributed by atoms with van der Waals surface area (Å²) in [6, 6.07) is 1.85. The van der Waals surface area contributed by atoms with Gasteiger partial charge < -0.3 is 10.1 Å². The molecule has 0 spiro atoms. The maximum Gasteiger partial charge on any atom is 0.0615 e. The van der Waals surface area contributed by atoms with E-state index in [0.29, 0.717) is 17.5 Å². The Bertz CT molecular complexity index is 270. The normalized spacial score (nSPS) is 32.5. The summed E-state index contributed by atoms with van der Waals surface area (Å²) in [5, 5.41) is 3.77. The van der Waals surface area contributed by atoms with Crippen LogP contribution in [-0.2, 0) is 4.74 Å².